The number of amides is 1. The van der Waals surface area contributed by atoms with Gasteiger partial charge in [0.05, 0.1) is 23.3 Å². The fourth-order valence-corrected chi connectivity index (χ4v) is 4.67. The van der Waals surface area contributed by atoms with Crippen LogP contribution < -0.4 is 14.8 Å². The highest BCUT2D eigenvalue weighted by molar-refractivity contribution is 7.92. The maximum absolute atomic E-state index is 13.0. The molecule has 0 saturated carbocycles. The monoisotopic (exact) mass is 500 g/mol. The molecule has 34 heavy (non-hydrogen) atoms. The Morgan fingerprint density at radius 3 is 2.24 bits per heavy atom. The highest BCUT2D eigenvalue weighted by Crippen LogP contribution is 2.25. The molecule has 0 aliphatic carbocycles. The van der Waals surface area contributed by atoms with Gasteiger partial charge in [0, 0.05) is 11.6 Å². The second-order valence-electron chi connectivity index (χ2n) is 7.90. The summed E-state index contributed by atoms with van der Waals surface area (Å²) < 4.78 is 33.6. The van der Waals surface area contributed by atoms with E-state index in [1.165, 1.54) is 12.1 Å². The molecule has 0 aliphatic heterocycles. The summed E-state index contributed by atoms with van der Waals surface area (Å²) >= 11 is 6.10. The molecule has 3 aromatic carbocycles. The van der Waals surface area contributed by atoms with Crippen molar-refractivity contribution in [2.24, 2.45) is 0 Å². The summed E-state index contributed by atoms with van der Waals surface area (Å²) in [7, 11) is -2.29. The van der Waals surface area contributed by atoms with E-state index in [4.69, 9.17) is 16.3 Å². The van der Waals surface area contributed by atoms with Crippen LogP contribution in [0.4, 0.5) is 5.69 Å². The molecule has 3 rings (SSSR count). The first-order chi connectivity index (χ1) is 16.3. The lowest BCUT2D eigenvalue weighted by molar-refractivity contribution is 0.0955. The number of ether oxygens (including phenoxy) is 1. The summed E-state index contributed by atoms with van der Waals surface area (Å²) in [6.07, 6.45) is 3.64. The Morgan fingerprint density at radius 2 is 1.59 bits per heavy atom. The lowest BCUT2D eigenvalue weighted by Gasteiger charge is -2.14. The largest absolute Gasteiger partial charge is 0.497 e. The fourth-order valence-electron chi connectivity index (χ4n) is 3.43. The van der Waals surface area contributed by atoms with E-state index in [1.54, 1.807) is 25.3 Å². The van der Waals surface area contributed by atoms with Gasteiger partial charge >= 0.3 is 0 Å². The van der Waals surface area contributed by atoms with Crippen molar-refractivity contribution >= 4 is 33.2 Å². The molecule has 6 nitrogen and oxygen atoms in total. The van der Waals surface area contributed by atoms with E-state index in [0.29, 0.717) is 18.0 Å². The number of unbranched alkanes of at least 4 members (excludes halogenated alkanes) is 1. The van der Waals surface area contributed by atoms with Crippen molar-refractivity contribution in [3.63, 3.8) is 0 Å². The van der Waals surface area contributed by atoms with Gasteiger partial charge in [0.1, 0.15) is 5.75 Å². The van der Waals surface area contributed by atoms with Crippen molar-refractivity contribution in [1.29, 1.82) is 0 Å². The summed E-state index contributed by atoms with van der Waals surface area (Å²) in [6, 6.07) is 18.9. The minimum atomic E-state index is -3.89. The van der Waals surface area contributed by atoms with Crippen LogP contribution in [-0.4, -0.2) is 28.0 Å². The zero-order valence-electron chi connectivity index (χ0n) is 19.3. The lowest BCUT2D eigenvalue weighted by atomic mass is 10.1. The van der Waals surface area contributed by atoms with Crippen LogP contribution in [0.3, 0.4) is 0 Å². The Balaban J connectivity index is 1.70. The van der Waals surface area contributed by atoms with Gasteiger partial charge in [-0.05, 0) is 72.9 Å². The van der Waals surface area contributed by atoms with Gasteiger partial charge in [-0.25, -0.2) is 8.42 Å². The Morgan fingerprint density at radius 1 is 0.941 bits per heavy atom. The third-order valence-electron chi connectivity index (χ3n) is 5.38. The van der Waals surface area contributed by atoms with Gasteiger partial charge in [-0.15, -0.1) is 0 Å². The molecule has 0 spiro atoms. The number of rotatable bonds is 11. The van der Waals surface area contributed by atoms with Gasteiger partial charge in [0.25, 0.3) is 15.9 Å². The summed E-state index contributed by atoms with van der Waals surface area (Å²) in [5.74, 6) is 0.374. The van der Waals surface area contributed by atoms with Crippen LogP contribution in [0, 0.1) is 0 Å². The van der Waals surface area contributed by atoms with Crippen LogP contribution in [0.25, 0.3) is 0 Å². The smallest absolute Gasteiger partial charge is 0.261 e. The van der Waals surface area contributed by atoms with Crippen molar-refractivity contribution in [1.82, 2.24) is 5.32 Å². The van der Waals surface area contributed by atoms with Crippen LogP contribution >= 0.6 is 11.6 Å². The van der Waals surface area contributed by atoms with Gasteiger partial charge < -0.3 is 10.1 Å². The quantitative estimate of drug-likeness (QED) is 0.366. The van der Waals surface area contributed by atoms with E-state index in [9.17, 15) is 13.2 Å². The Hall–Kier alpha value is -3.03. The number of hydrogen-bond donors (Lipinski definition) is 2. The summed E-state index contributed by atoms with van der Waals surface area (Å²) in [5, 5.41) is 3.16. The molecule has 0 saturated heterocycles. The number of carbonyl (C=O) groups excluding carboxylic acids is 1. The number of aryl methyl sites for hydroxylation is 1. The van der Waals surface area contributed by atoms with E-state index in [1.807, 2.05) is 36.4 Å². The van der Waals surface area contributed by atoms with Crippen molar-refractivity contribution in [2.75, 3.05) is 18.4 Å². The molecule has 0 radical (unpaired) electrons. The number of hydrogen-bond acceptors (Lipinski definition) is 4. The van der Waals surface area contributed by atoms with E-state index in [0.717, 1.165) is 36.1 Å². The number of halogens is 1. The summed E-state index contributed by atoms with van der Waals surface area (Å²) in [4.78, 5) is 12.9. The zero-order valence-corrected chi connectivity index (χ0v) is 20.9. The molecule has 180 valence electrons. The third kappa shape index (κ3) is 6.98. The first-order valence-electron chi connectivity index (χ1n) is 11.1. The predicted molar refractivity (Wildman–Crippen MR) is 136 cm³/mol. The minimum Gasteiger partial charge on any atom is -0.497 e. The van der Waals surface area contributed by atoms with Crippen LogP contribution in [-0.2, 0) is 22.9 Å². The highest BCUT2D eigenvalue weighted by atomic mass is 35.5. The number of carbonyl (C=O) groups is 1. The molecule has 0 bridgehead atoms. The molecule has 0 heterocycles. The molecule has 3 aromatic rings. The molecule has 0 fully saturated rings. The average molecular weight is 501 g/mol. The number of anilines is 1. The summed E-state index contributed by atoms with van der Waals surface area (Å²) in [6.45, 7) is 2.50. The maximum atomic E-state index is 13.0. The van der Waals surface area contributed by atoms with Gasteiger partial charge in [-0.3, -0.25) is 9.52 Å². The minimum absolute atomic E-state index is 0.124. The van der Waals surface area contributed by atoms with Gasteiger partial charge in [-0.1, -0.05) is 49.2 Å². The maximum Gasteiger partial charge on any atom is 0.261 e. The van der Waals surface area contributed by atoms with Crippen molar-refractivity contribution in [2.45, 2.75) is 37.5 Å². The Bertz CT molecular complexity index is 1210. The van der Waals surface area contributed by atoms with E-state index in [-0.39, 0.29) is 16.1 Å². The van der Waals surface area contributed by atoms with Crippen molar-refractivity contribution in [3.05, 3.63) is 88.4 Å². The Labute approximate surface area is 206 Å². The first kappa shape index (κ1) is 25.6. The molecular formula is C26H29ClN2O4S. The van der Waals surface area contributed by atoms with E-state index < -0.39 is 15.9 Å². The number of benzene rings is 3. The second kappa shape index (κ2) is 11.9. The average Bonchev–Trinajstić information content (AvgIpc) is 2.83. The lowest BCUT2D eigenvalue weighted by Crippen LogP contribution is -2.27. The third-order valence-corrected chi connectivity index (χ3v) is 7.00. The fraction of sp³-hybridized carbons (Fsp3) is 0.269. The van der Waals surface area contributed by atoms with Crippen LogP contribution in [0.2, 0.25) is 5.02 Å². The van der Waals surface area contributed by atoms with E-state index >= 15 is 0 Å². The highest BCUT2D eigenvalue weighted by Gasteiger charge is 2.19. The molecule has 0 aromatic heterocycles. The number of sulfonamides is 1. The standard InChI is InChI=1S/C26H29ClN2O4S/c1-3-4-5-19-8-13-23(14-9-19)34(31,32)29-25-18-21(27)10-15-24(25)26(30)28-17-16-20-6-11-22(33-2)12-7-20/h6-15,18,29H,3-5,16-17H2,1-2H3,(H,28,30). The SMILES string of the molecule is CCCCc1ccc(S(=O)(=O)Nc2cc(Cl)ccc2C(=O)NCCc2ccc(OC)cc2)cc1. The van der Waals surface area contributed by atoms with Crippen molar-refractivity contribution in [3.8, 4) is 5.75 Å². The van der Waals surface area contributed by atoms with Crippen molar-refractivity contribution < 1.29 is 17.9 Å². The van der Waals surface area contributed by atoms with Crippen LogP contribution in [0.1, 0.15) is 41.3 Å². The molecule has 1 amide bonds. The second-order valence-corrected chi connectivity index (χ2v) is 10.0. The number of nitrogens with one attached hydrogen (secondary N) is 2. The summed E-state index contributed by atoms with van der Waals surface area (Å²) in [5.41, 5.74) is 2.45. The molecule has 0 aliphatic rings. The predicted octanol–water partition coefficient (Wildman–Crippen LogP) is 5.46. The first-order valence-corrected chi connectivity index (χ1v) is 13.0. The molecule has 0 atom stereocenters. The molecule has 0 unspecified atom stereocenters. The zero-order chi connectivity index (χ0) is 24.6. The van der Waals surface area contributed by atoms with Crippen LogP contribution in [0.5, 0.6) is 5.75 Å². The Kier molecular flexibility index (Phi) is 8.96. The van der Waals surface area contributed by atoms with Gasteiger partial charge in [0.2, 0.25) is 0 Å². The topological polar surface area (TPSA) is 84.5 Å². The molecule has 2 N–H and O–H groups in total. The number of methoxy groups -OCH3 is 1. The molecule has 8 heteroatoms. The van der Waals surface area contributed by atoms with Gasteiger partial charge in [0.15, 0.2) is 0 Å². The normalized spacial score (nSPS) is 11.1. The molecular weight excluding hydrogens is 472 g/mol. The van der Waals surface area contributed by atoms with E-state index in [2.05, 4.69) is 17.0 Å². The van der Waals surface area contributed by atoms with Crippen LogP contribution in [0.15, 0.2) is 71.6 Å². The van der Waals surface area contributed by atoms with Gasteiger partial charge in [-0.2, -0.15) is 0 Å².